The molecule has 1 saturated heterocycles. The zero-order valence-electron chi connectivity index (χ0n) is 10.8. The molecule has 1 atom stereocenters. The van der Waals surface area contributed by atoms with Crippen LogP contribution in [0.25, 0.3) is 0 Å². The van der Waals surface area contributed by atoms with Gasteiger partial charge in [0.2, 0.25) is 0 Å². The second kappa shape index (κ2) is 5.35. The summed E-state index contributed by atoms with van der Waals surface area (Å²) < 4.78 is 0. The minimum atomic E-state index is 0.227. The Kier molecular flexibility index (Phi) is 3.82. The standard InChI is InChI=1S/C15H21NO/c1-3-13-6-5-11-16(13)14-9-7-12(8-10-14)15(17)4-2/h7-10,13H,3-6,11H2,1-2H3/t13-/m1/s1. The lowest BCUT2D eigenvalue weighted by Gasteiger charge is -2.26. The number of benzene rings is 1. The Labute approximate surface area is 104 Å². The van der Waals surface area contributed by atoms with Gasteiger partial charge in [-0.1, -0.05) is 13.8 Å². The summed E-state index contributed by atoms with van der Waals surface area (Å²) >= 11 is 0. The number of rotatable bonds is 4. The summed E-state index contributed by atoms with van der Waals surface area (Å²) in [4.78, 5) is 14.0. The molecule has 1 aromatic rings. The van der Waals surface area contributed by atoms with Gasteiger partial charge in [-0.25, -0.2) is 0 Å². The molecule has 92 valence electrons. The third-order valence-corrected chi connectivity index (χ3v) is 3.69. The van der Waals surface area contributed by atoms with Crippen molar-refractivity contribution >= 4 is 11.5 Å². The van der Waals surface area contributed by atoms with Crippen LogP contribution in [0.4, 0.5) is 5.69 Å². The first kappa shape index (κ1) is 12.2. The normalized spacial score (nSPS) is 19.6. The van der Waals surface area contributed by atoms with Crippen molar-refractivity contribution in [3.63, 3.8) is 0 Å². The highest BCUT2D eigenvalue weighted by molar-refractivity contribution is 5.96. The number of anilines is 1. The van der Waals surface area contributed by atoms with E-state index in [2.05, 4.69) is 24.0 Å². The van der Waals surface area contributed by atoms with Crippen LogP contribution in [0.5, 0.6) is 0 Å². The number of carbonyl (C=O) groups excluding carboxylic acids is 1. The molecule has 0 aliphatic carbocycles. The molecular formula is C15H21NO. The van der Waals surface area contributed by atoms with Crippen LogP contribution in [0.1, 0.15) is 49.9 Å². The van der Waals surface area contributed by atoms with Crippen molar-refractivity contribution in [2.45, 2.75) is 45.6 Å². The molecule has 0 radical (unpaired) electrons. The predicted molar refractivity (Wildman–Crippen MR) is 71.7 cm³/mol. The second-order valence-corrected chi connectivity index (χ2v) is 4.72. The molecule has 0 N–H and O–H groups in total. The van der Waals surface area contributed by atoms with Gasteiger partial charge < -0.3 is 4.90 Å². The summed E-state index contributed by atoms with van der Waals surface area (Å²) in [6.45, 7) is 5.31. The van der Waals surface area contributed by atoms with Crippen molar-refractivity contribution in [2.24, 2.45) is 0 Å². The molecule has 1 heterocycles. The zero-order chi connectivity index (χ0) is 12.3. The fourth-order valence-corrected chi connectivity index (χ4v) is 2.64. The maximum Gasteiger partial charge on any atom is 0.162 e. The lowest BCUT2D eigenvalue weighted by molar-refractivity contribution is 0.0988. The molecular weight excluding hydrogens is 210 g/mol. The van der Waals surface area contributed by atoms with Gasteiger partial charge in [-0.2, -0.15) is 0 Å². The van der Waals surface area contributed by atoms with Crippen molar-refractivity contribution < 1.29 is 4.79 Å². The van der Waals surface area contributed by atoms with Crippen molar-refractivity contribution in [3.05, 3.63) is 29.8 Å². The molecule has 0 bridgehead atoms. The lowest BCUT2D eigenvalue weighted by Crippen LogP contribution is -2.28. The summed E-state index contributed by atoms with van der Waals surface area (Å²) in [5.74, 6) is 0.227. The first-order valence-electron chi connectivity index (χ1n) is 6.66. The first-order valence-corrected chi connectivity index (χ1v) is 6.66. The molecule has 1 aliphatic heterocycles. The number of carbonyl (C=O) groups is 1. The summed E-state index contributed by atoms with van der Waals surface area (Å²) in [7, 11) is 0. The van der Waals surface area contributed by atoms with Crippen LogP contribution in [0, 0.1) is 0 Å². The van der Waals surface area contributed by atoms with Gasteiger partial charge in [0.15, 0.2) is 5.78 Å². The SMILES string of the molecule is CCC(=O)c1ccc(N2CCC[C@H]2CC)cc1. The topological polar surface area (TPSA) is 20.3 Å². The Morgan fingerprint density at radius 2 is 2.00 bits per heavy atom. The Bertz CT molecular complexity index is 382. The number of hydrogen-bond acceptors (Lipinski definition) is 2. The van der Waals surface area contributed by atoms with Crippen LogP contribution in [-0.4, -0.2) is 18.4 Å². The van der Waals surface area contributed by atoms with Crippen LogP contribution >= 0.6 is 0 Å². The van der Waals surface area contributed by atoms with Gasteiger partial charge in [0.05, 0.1) is 0 Å². The fourth-order valence-electron chi connectivity index (χ4n) is 2.64. The molecule has 2 heteroatoms. The summed E-state index contributed by atoms with van der Waals surface area (Å²) in [6.07, 6.45) is 4.37. The van der Waals surface area contributed by atoms with Gasteiger partial charge in [-0.15, -0.1) is 0 Å². The van der Waals surface area contributed by atoms with E-state index in [0.29, 0.717) is 12.5 Å². The minimum Gasteiger partial charge on any atom is -0.369 e. The maximum atomic E-state index is 11.6. The van der Waals surface area contributed by atoms with E-state index in [0.717, 1.165) is 12.1 Å². The van der Waals surface area contributed by atoms with Gasteiger partial charge in [-0.3, -0.25) is 4.79 Å². The van der Waals surface area contributed by atoms with Gasteiger partial charge in [0.25, 0.3) is 0 Å². The van der Waals surface area contributed by atoms with Crippen molar-refractivity contribution in [3.8, 4) is 0 Å². The summed E-state index contributed by atoms with van der Waals surface area (Å²) in [5, 5.41) is 0. The van der Waals surface area contributed by atoms with E-state index in [1.165, 1.54) is 24.9 Å². The monoisotopic (exact) mass is 231 g/mol. The van der Waals surface area contributed by atoms with Crippen molar-refractivity contribution in [2.75, 3.05) is 11.4 Å². The molecule has 2 nitrogen and oxygen atoms in total. The van der Waals surface area contributed by atoms with Gasteiger partial charge in [0.1, 0.15) is 0 Å². The van der Waals surface area contributed by atoms with Crippen LogP contribution in [0.2, 0.25) is 0 Å². The van der Waals surface area contributed by atoms with Gasteiger partial charge in [-0.05, 0) is 43.5 Å². The van der Waals surface area contributed by atoms with Crippen molar-refractivity contribution in [1.29, 1.82) is 0 Å². The third-order valence-electron chi connectivity index (χ3n) is 3.69. The van der Waals surface area contributed by atoms with E-state index in [-0.39, 0.29) is 5.78 Å². The molecule has 0 spiro atoms. The highest BCUT2D eigenvalue weighted by Gasteiger charge is 2.22. The van der Waals surface area contributed by atoms with Gasteiger partial charge >= 0.3 is 0 Å². The quantitative estimate of drug-likeness (QED) is 0.737. The number of nitrogens with zero attached hydrogens (tertiary/aromatic N) is 1. The molecule has 1 fully saturated rings. The van der Waals surface area contributed by atoms with E-state index >= 15 is 0 Å². The summed E-state index contributed by atoms with van der Waals surface area (Å²) in [6, 6.07) is 8.80. The van der Waals surface area contributed by atoms with E-state index in [1.54, 1.807) is 0 Å². The average Bonchev–Trinajstić information content (AvgIpc) is 2.86. The number of hydrogen-bond donors (Lipinski definition) is 0. The molecule has 17 heavy (non-hydrogen) atoms. The molecule has 1 aromatic carbocycles. The molecule has 0 amide bonds. The molecule has 0 saturated carbocycles. The van der Waals surface area contributed by atoms with Gasteiger partial charge in [0, 0.05) is 30.3 Å². The number of Topliss-reactive ketones (excluding diaryl/α,β-unsaturated/α-hetero) is 1. The molecule has 0 unspecified atom stereocenters. The molecule has 1 aliphatic rings. The molecule has 2 rings (SSSR count). The molecule has 0 aromatic heterocycles. The Balaban J connectivity index is 2.15. The van der Waals surface area contributed by atoms with Crippen LogP contribution in [0.3, 0.4) is 0 Å². The van der Waals surface area contributed by atoms with Crippen LogP contribution < -0.4 is 4.90 Å². The number of ketones is 1. The minimum absolute atomic E-state index is 0.227. The Morgan fingerprint density at radius 1 is 1.29 bits per heavy atom. The first-order chi connectivity index (χ1) is 8.26. The average molecular weight is 231 g/mol. The fraction of sp³-hybridized carbons (Fsp3) is 0.533. The van der Waals surface area contributed by atoms with Crippen LogP contribution in [-0.2, 0) is 0 Å². The smallest absolute Gasteiger partial charge is 0.162 e. The largest absolute Gasteiger partial charge is 0.369 e. The summed E-state index contributed by atoms with van der Waals surface area (Å²) in [5.41, 5.74) is 2.10. The zero-order valence-corrected chi connectivity index (χ0v) is 10.8. The van der Waals surface area contributed by atoms with Crippen LogP contribution in [0.15, 0.2) is 24.3 Å². The Morgan fingerprint density at radius 3 is 2.59 bits per heavy atom. The highest BCUT2D eigenvalue weighted by Crippen LogP contribution is 2.27. The maximum absolute atomic E-state index is 11.6. The third kappa shape index (κ3) is 2.51. The highest BCUT2D eigenvalue weighted by atomic mass is 16.1. The second-order valence-electron chi connectivity index (χ2n) is 4.72. The van der Waals surface area contributed by atoms with E-state index in [4.69, 9.17) is 0 Å². The Hall–Kier alpha value is -1.31. The van der Waals surface area contributed by atoms with E-state index in [9.17, 15) is 4.79 Å². The van der Waals surface area contributed by atoms with Crippen molar-refractivity contribution in [1.82, 2.24) is 0 Å². The van der Waals surface area contributed by atoms with E-state index < -0.39 is 0 Å². The lowest BCUT2D eigenvalue weighted by atomic mass is 10.1. The predicted octanol–water partition coefficient (Wildman–Crippen LogP) is 3.66. The van der Waals surface area contributed by atoms with E-state index in [1.807, 2.05) is 19.1 Å².